The van der Waals surface area contributed by atoms with Crippen molar-refractivity contribution < 1.29 is 14.3 Å². The van der Waals surface area contributed by atoms with Gasteiger partial charge in [0.15, 0.2) is 17.1 Å². The molecule has 0 fully saturated rings. The summed E-state index contributed by atoms with van der Waals surface area (Å²) in [6.45, 7) is 6.80. The van der Waals surface area contributed by atoms with Crippen LogP contribution in [0.1, 0.15) is 42.5 Å². The molecule has 4 rings (SSSR count). The molecule has 0 unspecified atom stereocenters. The van der Waals surface area contributed by atoms with Crippen LogP contribution >= 0.6 is 0 Å². The number of hydrogen-bond acceptors (Lipinski definition) is 5. The van der Waals surface area contributed by atoms with Gasteiger partial charge in [0.2, 0.25) is 0 Å². The smallest absolute Gasteiger partial charge is 0.270 e. The van der Waals surface area contributed by atoms with Gasteiger partial charge in [-0.2, -0.15) is 5.10 Å². The molecule has 2 aromatic heterocycles. The van der Waals surface area contributed by atoms with Crippen molar-refractivity contribution in [2.75, 3.05) is 20.8 Å². The summed E-state index contributed by atoms with van der Waals surface area (Å²) in [5, 5.41) is 7.78. The summed E-state index contributed by atoms with van der Waals surface area (Å²) in [5.41, 5.74) is 4.63. The topological polar surface area (TPSA) is 77.8 Å². The highest BCUT2D eigenvalue weighted by atomic mass is 16.5. The maximum atomic E-state index is 13.0. The van der Waals surface area contributed by atoms with Crippen molar-refractivity contribution in [1.29, 1.82) is 0 Å². The molecule has 7 nitrogen and oxygen atoms in total. The Morgan fingerprint density at radius 1 is 0.971 bits per heavy atom. The number of rotatable bonds is 7. The molecule has 0 spiro atoms. The second-order valence-electron chi connectivity index (χ2n) is 9.14. The Balaban J connectivity index is 1.59. The first-order valence-electron chi connectivity index (χ1n) is 11.3. The van der Waals surface area contributed by atoms with Gasteiger partial charge in [-0.1, -0.05) is 57.2 Å². The van der Waals surface area contributed by atoms with E-state index in [0.29, 0.717) is 35.8 Å². The average Bonchev–Trinajstić information content (AvgIpc) is 3.29. The van der Waals surface area contributed by atoms with E-state index in [1.165, 1.54) is 0 Å². The molecule has 0 aliphatic heterocycles. The first-order valence-corrected chi connectivity index (χ1v) is 11.3. The zero-order valence-corrected chi connectivity index (χ0v) is 20.3. The van der Waals surface area contributed by atoms with Crippen LogP contribution in [0.3, 0.4) is 0 Å². The number of carbonyl (C=O) groups is 1. The molecule has 176 valence electrons. The van der Waals surface area contributed by atoms with Gasteiger partial charge in [-0.15, -0.1) is 0 Å². The number of methoxy groups -OCH3 is 2. The van der Waals surface area contributed by atoms with Crippen LogP contribution in [0.25, 0.3) is 16.9 Å². The standard InChI is InChI=1S/C27H30N4O3/c1-27(2,3)24-17-25-29-20(16-21(31(25)30-24)19-9-7-6-8-10-19)26(32)28-14-13-18-11-12-22(33-4)23(15-18)34-5/h6-12,15-17H,13-14H2,1-5H3,(H,28,32). The van der Waals surface area contributed by atoms with Crippen molar-refractivity contribution in [1.82, 2.24) is 19.9 Å². The molecule has 4 aromatic rings. The maximum Gasteiger partial charge on any atom is 0.270 e. The molecule has 0 radical (unpaired) electrons. The minimum absolute atomic E-state index is 0.135. The molecular weight excluding hydrogens is 428 g/mol. The van der Waals surface area contributed by atoms with Crippen LogP contribution in [0, 0.1) is 0 Å². The number of aromatic nitrogens is 3. The van der Waals surface area contributed by atoms with Crippen LogP contribution in [0.2, 0.25) is 0 Å². The number of fused-ring (bicyclic) bond motifs is 1. The van der Waals surface area contributed by atoms with Crippen molar-refractivity contribution in [3.05, 3.63) is 77.6 Å². The van der Waals surface area contributed by atoms with Crippen molar-refractivity contribution >= 4 is 11.6 Å². The number of carbonyl (C=O) groups excluding carboxylic acids is 1. The van der Waals surface area contributed by atoms with E-state index in [9.17, 15) is 4.79 Å². The molecule has 7 heteroatoms. The predicted molar refractivity (Wildman–Crippen MR) is 133 cm³/mol. The Bertz CT molecular complexity index is 1310. The summed E-state index contributed by atoms with van der Waals surface area (Å²) in [6, 6.07) is 19.4. The Hall–Kier alpha value is -3.87. The lowest BCUT2D eigenvalue weighted by Crippen LogP contribution is -2.27. The van der Waals surface area contributed by atoms with Crippen LogP contribution in [0.15, 0.2) is 60.7 Å². The van der Waals surface area contributed by atoms with Gasteiger partial charge in [0.05, 0.1) is 25.6 Å². The maximum absolute atomic E-state index is 13.0. The van der Waals surface area contributed by atoms with E-state index < -0.39 is 0 Å². The SMILES string of the molecule is COc1ccc(CCNC(=O)c2cc(-c3ccccc3)n3nc(C(C)(C)C)cc3n2)cc1OC. The second-order valence-corrected chi connectivity index (χ2v) is 9.14. The van der Waals surface area contributed by atoms with Crippen LogP contribution < -0.4 is 14.8 Å². The van der Waals surface area contributed by atoms with E-state index in [-0.39, 0.29) is 11.3 Å². The molecule has 0 aliphatic rings. The Kier molecular flexibility index (Phi) is 6.54. The molecule has 0 bridgehead atoms. The van der Waals surface area contributed by atoms with Gasteiger partial charge in [-0.3, -0.25) is 4.79 Å². The number of amides is 1. The molecule has 2 heterocycles. The van der Waals surface area contributed by atoms with Crippen molar-refractivity contribution in [2.45, 2.75) is 32.6 Å². The highest BCUT2D eigenvalue weighted by molar-refractivity contribution is 5.94. The van der Waals surface area contributed by atoms with Gasteiger partial charge in [-0.25, -0.2) is 9.50 Å². The number of nitrogens with one attached hydrogen (secondary N) is 1. The van der Waals surface area contributed by atoms with Gasteiger partial charge >= 0.3 is 0 Å². The van der Waals surface area contributed by atoms with Gasteiger partial charge in [-0.05, 0) is 30.2 Å². The molecule has 0 saturated carbocycles. The monoisotopic (exact) mass is 458 g/mol. The third kappa shape index (κ3) is 4.88. The summed E-state index contributed by atoms with van der Waals surface area (Å²) in [5.74, 6) is 1.12. The quantitative estimate of drug-likeness (QED) is 0.435. The zero-order chi connectivity index (χ0) is 24.3. The van der Waals surface area contributed by atoms with Gasteiger partial charge in [0, 0.05) is 23.6 Å². The first-order chi connectivity index (χ1) is 16.3. The lowest BCUT2D eigenvalue weighted by atomic mass is 9.93. The molecule has 2 aromatic carbocycles. The Labute approximate surface area is 199 Å². The summed E-state index contributed by atoms with van der Waals surface area (Å²) in [7, 11) is 3.22. The van der Waals surface area contributed by atoms with Crippen molar-refractivity contribution in [2.24, 2.45) is 0 Å². The van der Waals surface area contributed by atoms with Crippen molar-refractivity contribution in [3.63, 3.8) is 0 Å². The van der Waals surface area contributed by atoms with E-state index in [1.54, 1.807) is 20.3 Å². The van der Waals surface area contributed by atoms with Crippen LogP contribution in [-0.4, -0.2) is 41.3 Å². The summed E-state index contributed by atoms with van der Waals surface area (Å²) >= 11 is 0. The fraction of sp³-hybridized carbons (Fsp3) is 0.296. The number of nitrogens with zero attached hydrogens (tertiary/aromatic N) is 3. The average molecular weight is 459 g/mol. The fourth-order valence-electron chi connectivity index (χ4n) is 3.72. The number of ether oxygens (including phenoxy) is 2. The van der Waals surface area contributed by atoms with E-state index >= 15 is 0 Å². The molecule has 1 amide bonds. The molecule has 1 N–H and O–H groups in total. The third-order valence-corrected chi connectivity index (χ3v) is 5.64. The third-order valence-electron chi connectivity index (χ3n) is 5.64. The zero-order valence-electron chi connectivity index (χ0n) is 20.3. The van der Waals surface area contributed by atoms with Crippen LogP contribution in [0.5, 0.6) is 11.5 Å². The van der Waals surface area contributed by atoms with Gasteiger partial charge in [0.1, 0.15) is 5.69 Å². The molecule has 0 saturated heterocycles. The summed E-state index contributed by atoms with van der Waals surface area (Å²) < 4.78 is 12.5. The largest absolute Gasteiger partial charge is 0.493 e. The Morgan fingerprint density at radius 3 is 2.38 bits per heavy atom. The van der Waals surface area contributed by atoms with Crippen molar-refractivity contribution in [3.8, 4) is 22.8 Å². The highest BCUT2D eigenvalue weighted by Crippen LogP contribution is 2.28. The minimum atomic E-state index is -0.223. The fourth-order valence-corrected chi connectivity index (χ4v) is 3.72. The van der Waals surface area contributed by atoms with E-state index in [2.05, 4.69) is 31.1 Å². The first kappa shape index (κ1) is 23.3. The minimum Gasteiger partial charge on any atom is -0.493 e. The summed E-state index contributed by atoms with van der Waals surface area (Å²) in [4.78, 5) is 17.7. The lowest BCUT2D eigenvalue weighted by Gasteiger charge is -2.13. The Morgan fingerprint density at radius 2 is 1.71 bits per heavy atom. The highest BCUT2D eigenvalue weighted by Gasteiger charge is 2.21. The van der Waals surface area contributed by atoms with Crippen LogP contribution in [0.4, 0.5) is 0 Å². The van der Waals surface area contributed by atoms with E-state index in [4.69, 9.17) is 14.6 Å². The van der Waals surface area contributed by atoms with Crippen LogP contribution in [-0.2, 0) is 11.8 Å². The predicted octanol–water partition coefficient (Wildman–Crippen LogP) is 4.68. The number of benzene rings is 2. The number of hydrogen-bond donors (Lipinski definition) is 1. The normalized spacial score (nSPS) is 11.4. The summed E-state index contributed by atoms with van der Waals surface area (Å²) in [6.07, 6.45) is 0.654. The van der Waals surface area contributed by atoms with E-state index in [0.717, 1.165) is 22.5 Å². The van der Waals surface area contributed by atoms with Gasteiger partial charge < -0.3 is 14.8 Å². The molecule has 0 aliphatic carbocycles. The van der Waals surface area contributed by atoms with E-state index in [1.807, 2.05) is 59.1 Å². The molecular formula is C27H30N4O3. The molecule has 34 heavy (non-hydrogen) atoms. The molecule has 0 atom stereocenters. The second kappa shape index (κ2) is 9.55. The lowest BCUT2D eigenvalue weighted by molar-refractivity contribution is 0.0949. The van der Waals surface area contributed by atoms with Gasteiger partial charge in [0.25, 0.3) is 5.91 Å².